The van der Waals surface area contributed by atoms with Crippen LogP contribution in [0, 0.1) is 6.92 Å². The van der Waals surface area contributed by atoms with Gasteiger partial charge in [0.25, 0.3) is 0 Å². The van der Waals surface area contributed by atoms with E-state index in [-0.39, 0.29) is 6.04 Å². The molecule has 2 rings (SSSR count). The lowest BCUT2D eigenvalue weighted by atomic mass is 10.1. The van der Waals surface area contributed by atoms with Crippen LogP contribution in [0.4, 0.5) is 0 Å². The van der Waals surface area contributed by atoms with Crippen LogP contribution < -0.4 is 5.32 Å². The minimum Gasteiger partial charge on any atom is -0.464 e. The van der Waals surface area contributed by atoms with Crippen molar-refractivity contribution in [2.24, 2.45) is 0 Å². The number of hydrogen-bond acceptors (Lipinski definition) is 2. The third-order valence-electron chi connectivity index (χ3n) is 2.52. The summed E-state index contributed by atoms with van der Waals surface area (Å²) in [4.78, 5) is 0. The minimum atomic E-state index is 0.103. The highest BCUT2D eigenvalue weighted by Crippen LogP contribution is 2.25. The number of furan rings is 1. The Labute approximate surface area is 104 Å². The molecule has 1 heterocycles. The number of aryl methyl sites for hydroxylation is 1. The van der Waals surface area contributed by atoms with Crippen molar-refractivity contribution in [3.05, 3.63) is 58.0 Å². The van der Waals surface area contributed by atoms with E-state index in [1.165, 1.54) is 5.56 Å². The maximum atomic E-state index is 5.65. The Hall–Kier alpha value is -1.06. The van der Waals surface area contributed by atoms with E-state index in [2.05, 4.69) is 33.4 Å². The molecule has 0 saturated carbocycles. The predicted molar refractivity (Wildman–Crippen MR) is 68.5 cm³/mol. The van der Waals surface area contributed by atoms with Crippen molar-refractivity contribution in [1.82, 2.24) is 5.32 Å². The Morgan fingerprint density at radius 3 is 2.62 bits per heavy atom. The first-order valence-electron chi connectivity index (χ1n) is 5.20. The molecular weight excluding hydrogens is 266 g/mol. The third-order valence-corrected chi connectivity index (χ3v) is 3.01. The predicted octanol–water partition coefficient (Wildman–Crippen LogP) is 3.66. The second-order valence-electron chi connectivity index (χ2n) is 3.73. The molecular formula is C13H14BrNO. The van der Waals surface area contributed by atoms with Gasteiger partial charge in [-0.15, -0.1) is 0 Å². The van der Waals surface area contributed by atoms with E-state index in [0.29, 0.717) is 0 Å². The summed E-state index contributed by atoms with van der Waals surface area (Å²) >= 11 is 3.48. The van der Waals surface area contributed by atoms with E-state index in [0.717, 1.165) is 16.0 Å². The fourth-order valence-electron chi connectivity index (χ4n) is 1.77. The van der Waals surface area contributed by atoms with E-state index < -0.39 is 0 Å². The first-order chi connectivity index (χ1) is 7.70. The lowest BCUT2D eigenvalue weighted by Crippen LogP contribution is -2.16. The third kappa shape index (κ3) is 2.36. The van der Waals surface area contributed by atoms with Crippen molar-refractivity contribution in [1.29, 1.82) is 0 Å². The highest BCUT2D eigenvalue weighted by Gasteiger charge is 2.15. The molecule has 0 radical (unpaired) electrons. The van der Waals surface area contributed by atoms with Crippen molar-refractivity contribution in [2.75, 3.05) is 7.05 Å². The minimum absolute atomic E-state index is 0.103. The first-order valence-corrected chi connectivity index (χ1v) is 5.99. The van der Waals surface area contributed by atoms with Gasteiger partial charge in [-0.05, 0) is 43.8 Å². The van der Waals surface area contributed by atoms with Crippen molar-refractivity contribution in [3.8, 4) is 0 Å². The summed E-state index contributed by atoms with van der Waals surface area (Å²) < 4.78 is 6.73. The van der Waals surface area contributed by atoms with E-state index in [4.69, 9.17) is 4.42 Å². The summed E-state index contributed by atoms with van der Waals surface area (Å²) in [5.41, 5.74) is 1.19. The van der Waals surface area contributed by atoms with Gasteiger partial charge >= 0.3 is 0 Å². The Morgan fingerprint density at radius 1 is 1.25 bits per heavy atom. The van der Waals surface area contributed by atoms with Crippen molar-refractivity contribution >= 4 is 15.9 Å². The first kappa shape index (κ1) is 11.4. The summed E-state index contributed by atoms with van der Waals surface area (Å²) in [7, 11) is 1.93. The molecule has 0 fully saturated rings. The van der Waals surface area contributed by atoms with Crippen molar-refractivity contribution in [2.45, 2.75) is 13.0 Å². The van der Waals surface area contributed by atoms with Crippen LogP contribution in [0.15, 0.2) is 45.3 Å². The zero-order valence-corrected chi connectivity index (χ0v) is 10.9. The zero-order chi connectivity index (χ0) is 11.5. The van der Waals surface area contributed by atoms with Crippen LogP contribution in [0.2, 0.25) is 0 Å². The van der Waals surface area contributed by atoms with Gasteiger partial charge in [-0.25, -0.2) is 0 Å². The Kier molecular flexibility index (Phi) is 3.46. The SMILES string of the molecule is CNC(c1cccc(Br)c1)c1ccc(C)o1. The molecule has 2 nitrogen and oxygen atoms in total. The smallest absolute Gasteiger partial charge is 0.125 e. The molecule has 1 N–H and O–H groups in total. The van der Waals surface area contributed by atoms with Gasteiger partial charge in [0, 0.05) is 4.47 Å². The normalized spacial score (nSPS) is 12.7. The molecule has 84 valence electrons. The monoisotopic (exact) mass is 279 g/mol. The zero-order valence-electron chi connectivity index (χ0n) is 9.33. The van der Waals surface area contributed by atoms with Crippen molar-refractivity contribution in [3.63, 3.8) is 0 Å². The molecule has 2 aromatic rings. The largest absolute Gasteiger partial charge is 0.464 e. The number of nitrogens with one attached hydrogen (secondary N) is 1. The molecule has 1 aromatic carbocycles. The van der Waals surface area contributed by atoms with Crippen LogP contribution in [0.1, 0.15) is 23.1 Å². The van der Waals surface area contributed by atoms with E-state index in [9.17, 15) is 0 Å². The number of hydrogen-bond donors (Lipinski definition) is 1. The average Bonchev–Trinajstić information content (AvgIpc) is 2.66. The molecule has 0 bridgehead atoms. The molecule has 0 aliphatic heterocycles. The fourth-order valence-corrected chi connectivity index (χ4v) is 2.18. The molecule has 0 amide bonds. The van der Waals surface area contributed by atoms with Gasteiger partial charge in [0.2, 0.25) is 0 Å². The lowest BCUT2D eigenvalue weighted by molar-refractivity contribution is 0.444. The molecule has 0 spiro atoms. The highest BCUT2D eigenvalue weighted by molar-refractivity contribution is 9.10. The van der Waals surface area contributed by atoms with E-state index in [1.807, 2.05) is 38.2 Å². The van der Waals surface area contributed by atoms with Crippen LogP contribution in [-0.2, 0) is 0 Å². The molecule has 0 aliphatic rings. The van der Waals surface area contributed by atoms with Crippen LogP contribution in [0.25, 0.3) is 0 Å². The van der Waals surface area contributed by atoms with Gasteiger partial charge in [0.1, 0.15) is 11.5 Å². The molecule has 16 heavy (non-hydrogen) atoms. The summed E-state index contributed by atoms with van der Waals surface area (Å²) in [5, 5.41) is 3.26. The van der Waals surface area contributed by atoms with E-state index in [1.54, 1.807) is 0 Å². The summed E-state index contributed by atoms with van der Waals surface area (Å²) in [6, 6.07) is 12.3. The maximum Gasteiger partial charge on any atom is 0.125 e. The fraction of sp³-hybridized carbons (Fsp3) is 0.231. The van der Waals surface area contributed by atoms with Crippen LogP contribution >= 0.6 is 15.9 Å². The molecule has 1 unspecified atom stereocenters. The number of rotatable bonds is 3. The van der Waals surface area contributed by atoms with Gasteiger partial charge in [0.05, 0.1) is 6.04 Å². The molecule has 3 heteroatoms. The summed E-state index contributed by atoms with van der Waals surface area (Å²) in [6.07, 6.45) is 0. The topological polar surface area (TPSA) is 25.2 Å². The molecule has 0 aliphatic carbocycles. The maximum absolute atomic E-state index is 5.65. The molecule has 0 saturated heterocycles. The molecule has 1 aromatic heterocycles. The highest BCUT2D eigenvalue weighted by atomic mass is 79.9. The second kappa shape index (κ2) is 4.85. The van der Waals surface area contributed by atoms with Crippen LogP contribution in [0.5, 0.6) is 0 Å². The summed E-state index contributed by atoms with van der Waals surface area (Å²) in [5.74, 6) is 1.88. The Bertz CT molecular complexity index is 478. The summed E-state index contributed by atoms with van der Waals surface area (Å²) in [6.45, 7) is 1.96. The quantitative estimate of drug-likeness (QED) is 0.928. The van der Waals surface area contributed by atoms with Gasteiger partial charge in [-0.2, -0.15) is 0 Å². The lowest BCUT2D eigenvalue weighted by Gasteiger charge is -2.14. The van der Waals surface area contributed by atoms with Gasteiger partial charge in [-0.3, -0.25) is 0 Å². The Morgan fingerprint density at radius 2 is 2.06 bits per heavy atom. The van der Waals surface area contributed by atoms with Gasteiger partial charge in [0.15, 0.2) is 0 Å². The van der Waals surface area contributed by atoms with Crippen LogP contribution in [0.3, 0.4) is 0 Å². The van der Waals surface area contributed by atoms with E-state index >= 15 is 0 Å². The number of halogens is 1. The second-order valence-corrected chi connectivity index (χ2v) is 4.64. The molecule has 1 atom stereocenters. The number of benzene rings is 1. The van der Waals surface area contributed by atoms with Crippen LogP contribution in [-0.4, -0.2) is 7.05 Å². The van der Waals surface area contributed by atoms with Gasteiger partial charge < -0.3 is 9.73 Å². The Balaban J connectivity index is 2.36. The standard InChI is InChI=1S/C13H14BrNO/c1-9-6-7-12(16-9)13(15-2)10-4-3-5-11(14)8-10/h3-8,13,15H,1-2H3. The van der Waals surface area contributed by atoms with Gasteiger partial charge in [-0.1, -0.05) is 28.1 Å². The van der Waals surface area contributed by atoms with Crippen molar-refractivity contribution < 1.29 is 4.42 Å². The average molecular weight is 280 g/mol.